The molecular formula is C23H24N2O4. The Bertz CT molecular complexity index is 996. The lowest BCUT2D eigenvalue weighted by Crippen LogP contribution is -2.24. The summed E-state index contributed by atoms with van der Waals surface area (Å²) < 4.78 is 16.8. The lowest BCUT2D eigenvalue weighted by molar-refractivity contribution is -0.123. The van der Waals surface area contributed by atoms with E-state index < -0.39 is 0 Å². The molecule has 0 atom stereocenters. The molecule has 150 valence electrons. The molecule has 6 heteroatoms. The van der Waals surface area contributed by atoms with Crippen molar-refractivity contribution < 1.29 is 19.0 Å². The van der Waals surface area contributed by atoms with Gasteiger partial charge >= 0.3 is 0 Å². The first-order valence-electron chi connectivity index (χ1n) is 9.53. The van der Waals surface area contributed by atoms with Gasteiger partial charge in [0.05, 0.1) is 19.4 Å². The Hall–Kier alpha value is -3.54. The highest BCUT2D eigenvalue weighted by Gasteiger charge is 2.06. The van der Waals surface area contributed by atoms with E-state index in [2.05, 4.69) is 10.5 Å². The van der Waals surface area contributed by atoms with E-state index in [1.165, 1.54) is 0 Å². The van der Waals surface area contributed by atoms with Gasteiger partial charge in [-0.2, -0.15) is 5.10 Å². The van der Waals surface area contributed by atoms with Crippen molar-refractivity contribution in [1.82, 2.24) is 5.43 Å². The van der Waals surface area contributed by atoms with Gasteiger partial charge in [0, 0.05) is 5.39 Å². The summed E-state index contributed by atoms with van der Waals surface area (Å²) in [5.74, 6) is 1.64. The van der Waals surface area contributed by atoms with Gasteiger partial charge < -0.3 is 14.2 Å². The molecular weight excluding hydrogens is 368 g/mol. The second-order valence-corrected chi connectivity index (χ2v) is 6.13. The van der Waals surface area contributed by atoms with Crippen LogP contribution >= 0.6 is 0 Å². The molecule has 0 spiro atoms. The van der Waals surface area contributed by atoms with Crippen molar-refractivity contribution in [2.75, 3.05) is 19.8 Å². The fraction of sp³-hybridized carbons (Fsp3) is 0.217. The van der Waals surface area contributed by atoms with Crippen molar-refractivity contribution in [2.45, 2.75) is 13.8 Å². The largest absolute Gasteiger partial charge is 0.490 e. The van der Waals surface area contributed by atoms with E-state index in [1.807, 2.05) is 74.5 Å². The van der Waals surface area contributed by atoms with Crippen molar-refractivity contribution >= 4 is 22.9 Å². The first-order chi connectivity index (χ1) is 14.2. The molecule has 1 amide bonds. The number of hydrogen-bond acceptors (Lipinski definition) is 5. The van der Waals surface area contributed by atoms with Gasteiger partial charge in [-0.3, -0.25) is 4.79 Å². The summed E-state index contributed by atoms with van der Waals surface area (Å²) in [7, 11) is 0. The molecule has 0 fully saturated rings. The van der Waals surface area contributed by atoms with Gasteiger partial charge in [0.15, 0.2) is 18.1 Å². The van der Waals surface area contributed by atoms with Crippen LogP contribution in [0.5, 0.6) is 17.2 Å². The highest BCUT2D eigenvalue weighted by atomic mass is 16.5. The fourth-order valence-electron chi connectivity index (χ4n) is 2.82. The molecule has 0 aliphatic rings. The average molecular weight is 392 g/mol. The van der Waals surface area contributed by atoms with Crippen molar-refractivity contribution in [1.29, 1.82) is 0 Å². The number of nitrogens with one attached hydrogen (secondary N) is 1. The number of amides is 1. The van der Waals surface area contributed by atoms with Gasteiger partial charge in [-0.1, -0.05) is 36.4 Å². The predicted octanol–water partition coefficient (Wildman–Crippen LogP) is 4.17. The molecule has 6 nitrogen and oxygen atoms in total. The standard InChI is InChI=1S/C23H24N2O4/c1-3-27-21-13-12-17(14-22(21)28-4-2)15-24-25-23(26)16-29-20-11-7-9-18-8-5-6-10-19(18)20/h5-15H,3-4,16H2,1-2H3,(H,25,26)/b24-15+. The van der Waals surface area contributed by atoms with Crippen LogP contribution in [0.4, 0.5) is 0 Å². The van der Waals surface area contributed by atoms with Crippen molar-refractivity contribution in [3.05, 3.63) is 66.2 Å². The van der Waals surface area contributed by atoms with E-state index in [0.717, 1.165) is 16.3 Å². The SMILES string of the molecule is CCOc1ccc(/C=N/NC(=O)COc2cccc3ccccc23)cc1OCC. The zero-order valence-corrected chi connectivity index (χ0v) is 16.6. The molecule has 0 unspecified atom stereocenters. The molecule has 29 heavy (non-hydrogen) atoms. The molecule has 3 aromatic carbocycles. The number of rotatable bonds is 9. The van der Waals surface area contributed by atoms with Gasteiger partial charge in [0.2, 0.25) is 0 Å². The van der Waals surface area contributed by atoms with Gasteiger partial charge in [0.25, 0.3) is 5.91 Å². The normalized spacial score (nSPS) is 10.8. The smallest absolute Gasteiger partial charge is 0.277 e. The van der Waals surface area contributed by atoms with Crippen molar-refractivity contribution in [2.24, 2.45) is 5.10 Å². The Morgan fingerprint density at radius 2 is 1.66 bits per heavy atom. The predicted molar refractivity (Wildman–Crippen MR) is 114 cm³/mol. The molecule has 0 aliphatic heterocycles. The summed E-state index contributed by atoms with van der Waals surface area (Å²) in [5, 5.41) is 6.01. The molecule has 3 aromatic rings. The summed E-state index contributed by atoms with van der Waals surface area (Å²) in [4.78, 5) is 12.1. The molecule has 3 rings (SSSR count). The summed E-state index contributed by atoms with van der Waals surface area (Å²) in [6.45, 7) is 4.79. The number of ether oxygens (including phenoxy) is 3. The average Bonchev–Trinajstić information content (AvgIpc) is 2.74. The Kier molecular flexibility index (Phi) is 7.05. The summed E-state index contributed by atoms with van der Waals surface area (Å²) in [5.41, 5.74) is 3.26. The summed E-state index contributed by atoms with van der Waals surface area (Å²) >= 11 is 0. The molecule has 0 bridgehead atoms. The zero-order valence-electron chi connectivity index (χ0n) is 16.6. The maximum absolute atomic E-state index is 12.1. The van der Waals surface area contributed by atoms with Crippen LogP contribution in [-0.4, -0.2) is 31.9 Å². The Morgan fingerprint density at radius 1 is 0.897 bits per heavy atom. The van der Waals surface area contributed by atoms with Crippen LogP contribution in [0.25, 0.3) is 10.8 Å². The van der Waals surface area contributed by atoms with E-state index in [1.54, 1.807) is 6.21 Å². The molecule has 0 aliphatic carbocycles. The first kappa shape index (κ1) is 20.2. The van der Waals surface area contributed by atoms with Crippen molar-refractivity contribution in [3.63, 3.8) is 0 Å². The number of hydrazone groups is 1. The monoisotopic (exact) mass is 392 g/mol. The van der Waals surface area contributed by atoms with E-state index >= 15 is 0 Å². The molecule has 0 saturated carbocycles. The van der Waals surface area contributed by atoms with E-state index in [4.69, 9.17) is 14.2 Å². The van der Waals surface area contributed by atoms with Crippen LogP contribution in [0, 0.1) is 0 Å². The van der Waals surface area contributed by atoms with E-state index in [9.17, 15) is 4.79 Å². The quantitative estimate of drug-likeness (QED) is 0.438. The second-order valence-electron chi connectivity index (χ2n) is 6.13. The minimum atomic E-state index is -0.342. The van der Waals surface area contributed by atoms with Gasteiger partial charge in [0.1, 0.15) is 5.75 Å². The third-order valence-electron chi connectivity index (χ3n) is 4.08. The zero-order chi connectivity index (χ0) is 20.5. The van der Waals surface area contributed by atoms with Crippen LogP contribution in [0.1, 0.15) is 19.4 Å². The van der Waals surface area contributed by atoms with Gasteiger partial charge in [-0.15, -0.1) is 0 Å². The number of hydrogen-bond donors (Lipinski definition) is 1. The van der Waals surface area contributed by atoms with E-state index in [0.29, 0.717) is 30.5 Å². The summed E-state index contributed by atoms with van der Waals surface area (Å²) in [6, 6.07) is 19.1. The topological polar surface area (TPSA) is 69.2 Å². The van der Waals surface area contributed by atoms with Crippen LogP contribution in [0.2, 0.25) is 0 Å². The minimum Gasteiger partial charge on any atom is -0.490 e. The lowest BCUT2D eigenvalue weighted by atomic mass is 10.1. The van der Waals surface area contributed by atoms with Crippen LogP contribution in [-0.2, 0) is 4.79 Å². The minimum absolute atomic E-state index is 0.126. The third kappa shape index (κ3) is 5.48. The Labute approximate surface area is 170 Å². The van der Waals surface area contributed by atoms with Crippen LogP contribution < -0.4 is 19.6 Å². The van der Waals surface area contributed by atoms with Crippen molar-refractivity contribution in [3.8, 4) is 17.2 Å². The van der Waals surface area contributed by atoms with E-state index in [-0.39, 0.29) is 12.5 Å². The maximum Gasteiger partial charge on any atom is 0.277 e. The van der Waals surface area contributed by atoms with Gasteiger partial charge in [-0.25, -0.2) is 5.43 Å². The lowest BCUT2D eigenvalue weighted by Gasteiger charge is -2.11. The number of fused-ring (bicyclic) bond motifs is 1. The van der Waals surface area contributed by atoms with Gasteiger partial charge in [-0.05, 0) is 49.1 Å². The van der Waals surface area contributed by atoms with Crippen LogP contribution in [0.3, 0.4) is 0 Å². The first-order valence-corrected chi connectivity index (χ1v) is 9.53. The number of nitrogens with zero attached hydrogens (tertiary/aromatic N) is 1. The number of carbonyl (C=O) groups is 1. The molecule has 0 saturated heterocycles. The Morgan fingerprint density at radius 3 is 2.48 bits per heavy atom. The highest BCUT2D eigenvalue weighted by Crippen LogP contribution is 2.28. The number of benzene rings is 3. The molecule has 1 N–H and O–H groups in total. The highest BCUT2D eigenvalue weighted by molar-refractivity contribution is 5.89. The third-order valence-corrected chi connectivity index (χ3v) is 4.08. The number of carbonyl (C=O) groups excluding carboxylic acids is 1. The molecule has 0 radical (unpaired) electrons. The Balaban J connectivity index is 1.57. The van der Waals surface area contributed by atoms with Crippen LogP contribution in [0.15, 0.2) is 65.8 Å². The molecule has 0 heterocycles. The maximum atomic E-state index is 12.1. The second kappa shape index (κ2) is 10.1. The fourth-order valence-corrected chi connectivity index (χ4v) is 2.82. The summed E-state index contributed by atoms with van der Waals surface area (Å²) in [6.07, 6.45) is 1.55. The molecule has 0 aromatic heterocycles.